The summed E-state index contributed by atoms with van der Waals surface area (Å²) in [7, 11) is 0. The van der Waals surface area contributed by atoms with Crippen molar-refractivity contribution in [3.63, 3.8) is 0 Å². The van der Waals surface area contributed by atoms with Gasteiger partial charge in [-0.2, -0.15) is 0 Å². The van der Waals surface area contributed by atoms with Crippen LogP contribution in [0.5, 0.6) is 0 Å². The molecule has 0 spiro atoms. The minimum absolute atomic E-state index is 0.145. The fourth-order valence-electron chi connectivity index (χ4n) is 2.95. The number of hydrogen-bond acceptors (Lipinski definition) is 2. The zero-order chi connectivity index (χ0) is 13.1. The van der Waals surface area contributed by atoms with Crippen molar-refractivity contribution in [1.29, 1.82) is 0 Å². The maximum atomic E-state index is 12.1. The summed E-state index contributed by atoms with van der Waals surface area (Å²) in [5.41, 5.74) is 5.77. The molecule has 0 heterocycles. The lowest BCUT2D eigenvalue weighted by atomic mass is 9.75. The molecule has 0 aliphatic heterocycles. The molecule has 1 aliphatic rings. The molecule has 0 aromatic carbocycles. The number of hydrogen-bond donors (Lipinski definition) is 1. The molecule has 1 aliphatic carbocycles. The Kier molecular flexibility index (Phi) is 5.18. The van der Waals surface area contributed by atoms with Gasteiger partial charge in [0.15, 0.2) is 0 Å². The van der Waals surface area contributed by atoms with E-state index in [-0.39, 0.29) is 11.3 Å². The highest BCUT2D eigenvalue weighted by molar-refractivity contribution is 5.85. The molecule has 0 radical (unpaired) electrons. The Balaban J connectivity index is 2.36. The Morgan fingerprint density at radius 1 is 1.24 bits per heavy atom. The summed E-state index contributed by atoms with van der Waals surface area (Å²) in [6, 6.07) is 0.427. The number of rotatable bonds is 5. The molecular weight excluding hydrogens is 210 g/mol. The van der Waals surface area contributed by atoms with Crippen molar-refractivity contribution >= 4 is 5.78 Å². The van der Waals surface area contributed by atoms with Crippen LogP contribution in [0, 0.1) is 17.3 Å². The quantitative estimate of drug-likeness (QED) is 0.797. The molecule has 0 aromatic rings. The first-order valence-electron chi connectivity index (χ1n) is 7.13. The number of ketones is 1. The van der Waals surface area contributed by atoms with Crippen LogP contribution >= 0.6 is 0 Å². The fourth-order valence-corrected chi connectivity index (χ4v) is 2.95. The zero-order valence-corrected chi connectivity index (χ0v) is 12.0. The van der Waals surface area contributed by atoms with Gasteiger partial charge in [0.1, 0.15) is 5.78 Å². The fraction of sp³-hybridized carbons (Fsp3) is 0.933. The Hall–Kier alpha value is -0.370. The lowest BCUT2D eigenvalue weighted by Crippen LogP contribution is -2.30. The Labute approximate surface area is 106 Å². The highest BCUT2D eigenvalue weighted by Gasteiger charge is 2.30. The SMILES string of the molecule is CC(C)C(=O)C(C)(C)CCC1CCC(N)CC1. The van der Waals surface area contributed by atoms with Gasteiger partial charge in [-0.15, -0.1) is 0 Å². The van der Waals surface area contributed by atoms with Crippen molar-refractivity contribution in [3.8, 4) is 0 Å². The van der Waals surface area contributed by atoms with Gasteiger partial charge in [0.05, 0.1) is 0 Å². The highest BCUT2D eigenvalue weighted by Crippen LogP contribution is 2.33. The Morgan fingerprint density at radius 2 is 1.76 bits per heavy atom. The van der Waals surface area contributed by atoms with E-state index in [1.807, 2.05) is 13.8 Å². The van der Waals surface area contributed by atoms with Crippen LogP contribution in [0.2, 0.25) is 0 Å². The first-order valence-corrected chi connectivity index (χ1v) is 7.13. The smallest absolute Gasteiger partial charge is 0.140 e. The second kappa shape index (κ2) is 5.99. The summed E-state index contributed by atoms with van der Waals surface area (Å²) in [6.07, 6.45) is 7.08. The van der Waals surface area contributed by atoms with Gasteiger partial charge in [-0.25, -0.2) is 0 Å². The first kappa shape index (κ1) is 14.7. The second-order valence-corrected chi connectivity index (χ2v) is 6.72. The van der Waals surface area contributed by atoms with Crippen LogP contribution in [0.15, 0.2) is 0 Å². The monoisotopic (exact) mass is 239 g/mol. The van der Waals surface area contributed by atoms with Crippen molar-refractivity contribution in [1.82, 2.24) is 0 Å². The summed E-state index contributed by atoms with van der Waals surface area (Å²) in [6.45, 7) is 8.21. The van der Waals surface area contributed by atoms with Crippen molar-refractivity contribution in [2.75, 3.05) is 0 Å². The number of carbonyl (C=O) groups is 1. The predicted molar refractivity (Wildman–Crippen MR) is 72.8 cm³/mol. The van der Waals surface area contributed by atoms with Crippen LogP contribution in [0.4, 0.5) is 0 Å². The number of carbonyl (C=O) groups excluding carboxylic acids is 1. The van der Waals surface area contributed by atoms with Gasteiger partial charge in [0.2, 0.25) is 0 Å². The average Bonchev–Trinajstić information content (AvgIpc) is 2.27. The number of nitrogens with two attached hydrogens (primary N) is 1. The molecule has 0 atom stereocenters. The molecule has 100 valence electrons. The van der Waals surface area contributed by atoms with Gasteiger partial charge in [-0.3, -0.25) is 4.79 Å². The molecule has 0 saturated heterocycles. The molecule has 0 amide bonds. The highest BCUT2D eigenvalue weighted by atomic mass is 16.1. The third-order valence-electron chi connectivity index (χ3n) is 4.26. The molecule has 1 saturated carbocycles. The van der Waals surface area contributed by atoms with Crippen molar-refractivity contribution in [2.45, 2.75) is 72.3 Å². The van der Waals surface area contributed by atoms with E-state index in [0.29, 0.717) is 11.8 Å². The van der Waals surface area contributed by atoms with E-state index in [1.54, 1.807) is 0 Å². The van der Waals surface area contributed by atoms with Gasteiger partial charge >= 0.3 is 0 Å². The van der Waals surface area contributed by atoms with Crippen LogP contribution in [0.3, 0.4) is 0 Å². The van der Waals surface area contributed by atoms with E-state index in [9.17, 15) is 4.79 Å². The third-order valence-corrected chi connectivity index (χ3v) is 4.26. The summed E-state index contributed by atoms with van der Waals surface area (Å²) in [4.78, 5) is 12.1. The maximum absolute atomic E-state index is 12.1. The lowest BCUT2D eigenvalue weighted by Gasteiger charge is -2.30. The van der Waals surface area contributed by atoms with Crippen LogP contribution in [0.25, 0.3) is 0 Å². The summed E-state index contributed by atoms with van der Waals surface area (Å²) in [5, 5.41) is 0. The van der Waals surface area contributed by atoms with E-state index >= 15 is 0 Å². The molecule has 17 heavy (non-hydrogen) atoms. The van der Waals surface area contributed by atoms with E-state index in [0.717, 1.165) is 12.3 Å². The van der Waals surface area contributed by atoms with Gasteiger partial charge in [0, 0.05) is 17.4 Å². The molecule has 1 fully saturated rings. The van der Waals surface area contributed by atoms with E-state index < -0.39 is 0 Å². The summed E-state index contributed by atoms with van der Waals surface area (Å²) < 4.78 is 0. The van der Waals surface area contributed by atoms with Crippen LogP contribution in [-0.4, -0.2) is 11.8 Å². The molecule has 0 aromatic heterocycles. The molecule has 2 heteroatoms. The number of Topliss-reactive ketones (excluding diaryl/α,β-unsaturated/α-hetero) is 1. The maximum Gasteiger partial charge on any atom is 0.140 e. The van der Waals surface area contributed by atoms with Crippen LogP contribution in [0.1, 0.15) is 66.2 Å². The third kappa shape index (κ3) is 4.42. The zero-order valence-electron chi connectivity index (χ0n) is 12.0. The van der Waals surface area contributed by atoms with Gasteiger partial charge in [-0.1, -0.05) is 27.7 Å². The summed E-state index contributed by atoms with van der Waals surface area (Å²) in [5.74, 6) is 1.36. The van der Waals surface area contributed by atoms with Gasteiger partial charge < -0.3 is 5.73 Å². The Bertz CT molecular complexity index is 250. The van der Waals surface area contributed by atoms with E-state index in [1.165, 1.54) is 32.1 Å². The Morgan fingerprint density at radius 3 is 2.24 bits per heavy atom. The van der Waals surface area contributed by atoms with E-state index in [4.69, 9.17) is 5.73 Å². The second-order valence-electron chi connectivity index (χ2n) is 6.72. The lowest BCUT2D eigenvalue weighted by molar-refractivity contribution is -0.130. The van der Waals surface area contributed by atoms with Crippen LogP contribution in [-0.2, 0) is 4.79 Å². The van der Waals surface area contributed by atoms with Gasteiger partial charge in [-0.05, 0) is 44.4 Å². The van der Waals surface area contributed by atoms with Crippen molar-refractivity contribution in [3.05, 3.63) is 0 Å². The minimum atomic E-state index is -0.145. The standard InChI is InChI=1S/C15H29NO/c1-11(2)14(17)15(3,4)10-9-12-5-7-13(16)8-6-12/h11-13H,5-10,16H2,1-4H3. The van der Waals surface area contributed by atoms with E-state index in [2.05, 4.69) is 13.8 Å². The topological polar surface area (TPSA) is 43.1 Å². The molecule has 0 bridgehead atoms. The van der Waals surface area contributed by atoms with Crippen LogP contribution < -0.4 is 5.73 Å². The largest absolute Gasteiger partial charge is 0.328 e. The van der Waals surface area contributed by atoms with Crippen molar-refractivity contribution in [2.24, 2.45) is 23.0 Å². The summed E-state index contributed by atoms with van der Waals surface area (Å²) >= 11 is 0. The predicted octanol–water partition coefficient (Wildman–Crippen LogP) is 3.54. The molecular formula is C15H29NO. The first-order chi connectivity index (χ1) is 7.83. The minimum Gasteiger partial charge on any atom is -0.328 e. The molecule has 2 N–H and O–H groups in total. The molecule has 1 rings (SSSR count). The average molecular weight is 239 g/mol. The molecule has 0 unspecified atom stereocenters. The van der Waals surface area contributed by atoms with Crippen molar-refractivity contribution < 1.29 is 4.79 Å². The van der Waals surface area contributed by atoms with Gasteiger partial charge in [0.25, 0.3) is 0 Å². The molecule has 2 nitrogen and oxygen atoms in total. The normalized spacial score (nSPS) is 26.2.